The third-order valence-corrected chi connectivity index (χ3v) is 4.74. The van der Waals surface area contributed by atoms with E-state index in [2.05, 4.69) is 53.8 Å². The molecule has 0 fully saturated rings. The van der Waals surface area contributed by atoms with Gasteiger partial charge in [-0.15, -0.1) is 11.3 Å². The van der Waals surface area contributed by atoms with E-state index in [0.717, 1.165) is 6.42 Å². The summed E-state index contributed by atoms with van der Waals surface area (Å²) >= 11 is 1.76. The number of fused-ring (bicyclic) bond motifs is 1. The summed E-state index contributed by atoms with van der Waals surface area (Å²) in [5.74, 6) is 0. The van der Waals surface area contributed by atoms with Gasteiger partial charge in [0.05, 0.1) is 5.54 Å². The number of thiazole rings is 1. The molecular formula is C16H20N2S. The van der Waals surface area contributed by atoms with E-state index >= 15 is 0 Å². The summed E-state index contributed by atoms with van der Waals surface area (Å²) in [5, 5.41) is 7.08. The molecule has 0 radical (unpaired) electrons. The van der Waals surface area contributed by atoms with Crippen molar-refractivity contribution in [2.45, 2.75) is 44.7 Å². The Morgan fingerprint density at radius 2 is 2.16 bits per heavy atom. The van der Waals surface area contributed by atoms with Crippen molar-refractivity contribution >= 4 is 11.3 Å². The largest absolute Gasteiger partial charge is 0.299 e. The third-order valence-electron chi connectivity index (χ3n) is 3.81. The fraction of sp³-hybridized carbons (Fsp3) is 0.438. The highest BCUT2D eigenvalue weighted by atomic mass is 32.1. The lowest BCUT2D eigenvalue weighted by atomic mass is 9.76. The molecule has 1 aliphatic rings. The third kappa shape index (κ3) is 2.21. The zero-order valence-corrected chi connectivity index (χ0v) is 12.3. The van der Waals surface area contributed by atoms with E-state index < -0.39 is 0 Å². The minimum atomic E-state index is -0.0861. The van der Waals surface area contributed by atoms with E-state index in [1.807, 2.05) is 6.20 Å². The fourth-order valence-corrected chi connectivity index (χ4v) is 4.04. The summed E-state index contributed by atoms with van der Waals surface area (Å²) in [7, 11) is 0. The molecule has 1 aliphatic carbocycles. The summed E-state index contributed by atoms with van der Waals surface area (Å²) in [6.45, 7) is 4.43. The normalized spacial score (nSPS) is 22.5. The van der Waals surface area contributed by atoms with Crippen LogP contribution < -0.4 is 5.32 Å². The predicted molar refractivity (Wildman–Crippen MR) is 80.5 cm³/mol. The van der Waals surface area contributed by atoms with E-state index in [4.69, 9.17) is 0 Å². The van der Waals surface area contributed by atoms with Crippen molar-refractivity contribution in [3.05, 3.63) is 52.0 Å². The Kier molecular flexibility index (Phi) is 3.42. The van der Waals surface area contributed by atoms with Crippen LogP contribution >= 0.6 is 11.3 Å². The average molecular weight is 272 g/mol. The summed E-state index contributed by atoms with van der Waals surface area (Å²) in [5.41, 5.74) is 2.80. The van der Waals surface area contributed by atoms with Crippen LogP contribution in [0.4, 0.5) is 0 Å². The molecule has 0 amide bonds. The van der Waals surface area contributed by atoms with Crippen LogP contribution in [0.2, 0.25) is 0 Å². The molecule has 0 saturated carbocycles. The second kappa shape index (κ2) is 5.06. The van der Waals surface area contributed by atoms with Gasteiger partial charge in [-0.1, -0.05) is 24.3 Å². The van der Waals surface area contributed by atoms with Gasteiger partial charge >= 0.3 is 0 Å². The Balaban J connectivity index is 2.16. The molecule has 19 heavy (non-hydrogen) atoms. The summed E-state index contributed by atoms with van der Waals surface area (Å²) in [6, 6.07) is 9.26. The Hall–Kier alpha value is -1.19. The molecule has 1 atom stereocenters. The molecule has 0 spiro atoms. The number of benzene rings is 1. The molecule has 1 aromatic carbocycles. The molecule has 0 saturated heterocycles. The molecule has 1 unspecified atom stereocenters. The number of nitrogens with one attached hydrogen (secondary N) is 1. The van der Waals surface area contributed by atoms with E-state index in [0.29, 0.717) is 6.04 Å². The lowest BCUT2D eigenvalue weighted by Gasteiger charge is -2.40. The van der Waals surface area contributed by atoms with Gasteiger partial charge in [0.15, 0.2) is 0 Å². The quantitative estimate of drug-likeness (QED) is 0.921. The molecule has 0 bridgehead atoms. The summed E-state index contributed by atoms with van der Waals surface area (Å²) in [6.07, 6.45) is 5.45. The van der Waals surface area contributed by atoms with Crippen LogP contribution in [-0.2, 0) is 12.0 Å². The van der Waals surface area contributed by atoms with Gasteiger partial charge in [-0.3, -0.25) is 5.32 Å². The standard InChI is InChI=1S/C16H20N2S/c1-12(2)18-16(15-17-10-11-19-15)9-5-7-13-6-3-4-8-14(13)16/h3-4,6,8,10-12,18H,5,7,9H2,1-2H3. The molecule has 1 aromatic heterocycles. The molecule has 2 nitrogen and oxygen atoms in total. The first-order chi connectivity index (χ1) is 9.22. The molecular weight excluding hydrogens is 252 g/mol. The minimum absolute atomic E-state index is 0.0861. The Morgan fingerprint density at radius 1 is 1.32 bits per heavy atom. The first-order valence-corrected chi connectivity index (χ1v) is 7.86. The Labute approximate surface area is 118 Å². The summed E-state index contributed by atoms with van der Waals surface area (Å²) < 4.78 is 0. The lowest BCUT2D eigenvalue weighted by Crippen LogP contribution is -2.49. The number of aryl methyl sites for hydroxylation is 1. The van der Waals surface area contributed by atoms with Crippen molar-refractivity contribution < 1.29 is 0 Å². The van der Waals surface area contributed by atoms with E-state index in [-0.39, 0.29) is 5.54 Å². The zero-order chi connectivity index (χ0) is 13.3. The highest BCUT2D eigenvalue weighted by Crippen LogP contribution is 2.41. The number of aromatic nitrogens is 1. The van der Waals surface area contributed by atoms with Crippen molar-refractivity contribution in [1.82, 2.24) is 10.3 Å². The zero-order valence-electron chi connectivity index (χ0n) is 11.5. The van der Waals surface area contributed by atoms with Crippen LogP contribution in [0, 0.1) is 0 Å². The number of nitrogens with zero attached hydrogens (tertiary/aromatic N) is 1. The van der Waals surface area contributed by atoms with Gasteiger partial charge in [-0.2, -0.15) is 0 Å². The Morgan fingerprint density at radius 3 is 2.89 bits per heavy atom. The van der Waals surface area contributed by atoms with Gasteiger partial charge in [0.1, 0.15) is 5.01 Å². The molecule has 3 rings (SSSR count). The van der Waals surface area contributed by atoms with Crippen LogP contribution in [-0.4, -0.2) is 11.0 Å². The first kappa shape index (κ1) is 12.8. The first-order valence-electron chi connectivity index (χ1n) is 6.98. The number of hydrogen-bond donors (Lipinski definition) is 1. The second-order valence-corrected chi connectivity index (χ2v) is 6.45. The number of rotatable bonds is 3. The lowest BCUT2D eigenvalue weighted by molar-refractivity contribution is 0.315. The molecule has 0 aliphatic heterocycles. The fourth-order valence-electron chi connectivity index (χ4n) is 3.19. The van der Waals surface area contributed by atoms with Gasteiger partial charge in [0.2, 0.25) is 0 Å². The molecule has 2 aromatic rings. The van der Waals surface area contributed by atoms with Gasteiger partial charge < -0.3 is 0 Å². The molecule has 1 N–H and O–H groups in total. The average Bonchev–Trinajstić information content (AvgIpc) is 2.93. The maximum Gasteiger partial charge on any atom is 0.117 e. The van der Waals surface area contributed by atoms with Crippen molar-refractivity contribution in [1.29, 1.82) is 0 Å². The van der Waals surface area contributed by atoms with Crippen LogP contribution in [0.25, 0.3) is 0 Å². The van der Waals surface area contributed by atoms with E-state index in [1.165, 1.54) is 29.0 Å². The topological polar surface area (TPSA) is 24.9 Å². The molecule has 3 heteroatoms. The Bertz CT molecular complexity index is 548. The maximum atomic E-state index is 4.62. The maximum absolute atomic E-state index is 4.62. The van der Waals surface area contributed by atoms with Crippen molar-refractivity contribution in [3.8, 4) is 0 Å². The van der Waals surface area contributed by atoms with E-state index in [9.17, 15) is 0 Å². The van der Waals surface area contributed by atoms with Crippen molar-refractivity contribution in [3.63, 3.8) is 0 Å². The summed E-state index contributed by atoms with van der Waals surface area (Å²) in [4.78, 5) is 4.62. The van der Waals surface area contributed by atoms with Crippen LogP contribution in [0.3, 0.4) is 0 Å². The van der Waals surface area contributed by atoms with Crippen molar-refractivity contribution in [2.24, 2.45) is 0 Å². The van der Waals surface area contributed by atoms with Gasteiger partial charge in [0.25, 0.3) is 0 Å². The van der Waals surface area contributed by atoms with Gasteiger partial charge in [-0.05, 0) is 44.2 Å². The van der Waals surface area contributed by atoms with Crippen LogP contribution in [0.5, 0.6) is 0 Å². The number of hydrogen-bond acceptors (Lipinski definition) is 3. The van der Waals surface area contributed by atoms with Crippen LogP contribution in [0.15, 0.2) is 35.8 Å². The highest BCUT2D eigenvalue weighted by molar-refractivity contribution is 7.09. The second-order valence-electron chi connectivity index (χ2n) is 5.55. The van der Waals surface area contributed by atoms with E-state index in [1.54, 1.807) is 11.3 Å². The highest BCUT2D eigenvalue weighted by Gasteiger charge is 2.40. The van der Waals surface area contributed by atoms with Crippen molar-refractivity contribution in [2.75, 3.05) is 0 Å². The van der Waals surface area contributed by atoms with Gasteiger partial charge in [-0.25, -0.2) is 4.98 Å². The monoisotopic (exact) mass is 272 g/mol. The molecule has 1 heterocycles. The minimum Gasteiger partial charge on any atom is -0.299 e. The predicted octanol–water partition coefficient (Wildman–Crippen LogP) is 3.72. The van der Waals surface area contributed by atoms with Gasteiger partial charge in [0, 0.05) is 17.6 Å². The SMILES string of the molecule is CC(C)NC1(c2nccs2)CCCc2ccccc21. The smallest absolute Gasteiger partial charge is 0.117 e. The molecule has 100 valence electrons. The van der Waals surface area contributed by atoms with Crippen LogP contribution in [0.1, 0.15) is 42.8 Å².